The molecule has 0 saturated carbocycles. The summed E-state index contributed by atoms with van der Waals surface area (Å²) in [6.07, 6.45) is 3.38. The van der Waals surface area contributed by atoms with Crippen LogP contribution in [0.1, 0.15) is 10.6 Å². The molecule has 2 rings (SSSR count). The standard InChI is InChI=1S/C11H9NOS/c13-10(8-11-12-6-7-14-11)9-4-2-1-3-5-9/h1-8,13H/b10-8-. The van der Waals surface area contributed by atoms with Crippen LogP contribution in [0.2, 0.25) is 0 Å². The summed E-state index contributed by atoms with van der Waals surface area (Å²) >= 11 is 1.50. The van der Waals surface area contributed by atoms with Crippen molar-refractivity contribution in [2.45, 2.75) is 0 Å². The van der Waals surface area contributed by atoms with Crippen LogP contribution in [0.5, 0.6) is 0 Å². The topological polar surface area (TPSA) is 33.1 Å². The van der Waals surface area contributed by atoms with E-state index in [0.717, 1.165) is 10.6 Å². The maximum Gasteiger partial charge on any atom is 0.125 e. The van der Waals surface area contributed by atoms with E-state index in [1.165, 1.54) is 11.3 Å². The van der Waals surface area contributed by atoms with Gasteiger partial charge in [-0.1, -0.05) is 30.3 Å². The summed E-state index contributed by atoms with van der Waals surface area (Å²) < 4.78 is 0. The maximum atomic E-state index is 9.72. The lowest BCUT2D eigenvalue weighted by Gasteiger charge is -1.97. The van der Waals surface area contributed by atoms with Crippen LogP contribution in [0.25, 0.3) is 11.8 Å². The second-order valence-corrected chi connectivity index (χ2v) is 3.69. The minimum absolute atomic E-state index is 0.251. The van der Waals surface area contributed by atoms with Crippen LogP contribution in [0.3, 0.4) is 0 Å². The first kappa shape index (κ1) is 8.97. The Bertz CT molecular complexity index is 420. The molecule has 0 atom stereocenters. The summed E-state index contributed by atoms with van der Waals surface area (Å²) in [7, 11) is 0. The van der Waals surface area contributed by atoms with Crippen molar-refractivity contribution in [2.24, 2.45) is 0 Å². The van der Waals surface area contributed by atoms with Gasteiger partial charge in [-0.25, -0.2) is 4.98 Å². The van der Waals surface area contributed by atoms with Gasteiger partial charge < -0.3 is 5.11 Å². The lowest BCUT2D eigenvalue weighted by Crippen LogP contribution is -1.81. The zero-order valence-corrected chi connectivity index (χ0v) is 8.24. The van der Waals surface area contributed by atoms with Gasteiger partial charge in [0.15, 0.2) is 0 Å². The highest BCUT2D eigenvalue weighted by molar-refractivity contribution is 7.10. The summed E-state index contributed by atoms with van der Waals surface area (Å²) in [5, 5.41) is 12.4. The third-order valence-electron chi connectivity index (χ3n) is 1.78. The molecule has 0 aliphatic rings. The van der Waals surface area contributed by atoms with E-state index in [9.17, 15) is 5.11 Å². The Labute approximate surface area is 86.2 Å². The number of benzene rings is 1. The van der Waals surface area contributed by atoms with Gasteiger partial charge in [0.2, 0.25) is 0 Å². The van der Waals surface area contributed by atoms with Crippen molar-refractivity contribution < 1.29 is 5.11 Å². The molecule has 0 amide bonds. The normalized spacial score (nSPS) is 11.6. The number of rotatable bonds is 2. The van der Waals surface area contributed by atoms with E-state index in [2.05, 4.69) is 4.98 Å². The van der Waals surface area contributed by atoms with Crippen LogP contribution in [0.4, 0.5) is 0 Å². The minimum Gasteiger partial charge on any atom is -0.507 e. The molecule has 2 aromatic rings. The van der Waals surface area contributed by atoms with E-state index < -0.39 is 0 Å². The molecule has 1 aromatic carbocycles. The maximum absolute atomic E-state index is 9.72. The summed E-state index contributed by atoms with van der Waals surface area (Å²) in [6, 6.07) is 9.42. The van der Waals surface area contributed by atoms with Crippen LogP contribution >= 0.6 is 11.3 Å². The molecule has 0 spiro atoms. The molecule has 0 unspecified atom stereocenters. The van der Waals surface area contributed by atoms with Crippen molar-refractivity contribution in [3.8, 4) is 0 Å². The smallest absolute Gasteiger partial charge is 0.125 e. The number of hydrogen-bond donors (Lipinski definition) is 1. The third-order valence-corrected chi connectivity index (χ3v) is 2.50. The number of aliphatic hydroxyl groups is 1. The second-order valence-electron chi connectivity index (χ2n) is 2.77. The molecule has 70 valence electrons. The quantitative estimate of drug-likeness (QED) is 0.760. The third kappa shape index (κ3) is 2.00. The molecular formula is C11H9NOS. The van der Waals surface area contributed by atoms with Crippen LogP contribution in [0.15, 0.2) is 41.9 Å². The Kier molecular flexibility index (Phi) is 2.60. The Hall–Kier alpha value is -1.61. The van der Waals surface area contributed by atoms with Crippen molar-refractivity contribution in [2.75, 3.05) is 0 Å². The molecule has 1 heterocycles. The fourth-order valence-electron chi connectivity index (χ4n) is 1.11. The molecule has 3 heteroatoms. The van der Waals surface area contributed by atoms with Crippen molar-refractivity contribution in [1.29, 1.82) is 0 Å². The summed E-state index contributed by atoms with van der Waals surface area (Å²) in [5.74, 6) is 0.251. The Morgan fingerprint density at radius 2 is 2.07 bits per heavy atom. The summed E-state index contributed by atoms with van der Waals surface area (Å²) in [4.78, 5) is 4.06. The predicted octanol–water partition coefficient (Wildman–Crippen LogP) is 3.20. The van der Waals surface area contributed by atoms with Gasteiger partial charge in [-0.2, -0.15) is 0 Å². The van der Waals surface area contributed by atoms with Gasteiger partial charge >= 0.3 is 0 Å². The number of nitrogens with zero attached hydrogens (tertiary/aromatic N) is 1. The molecule has 1 N–H and O–H groups in total. The average molecular weight is 203 g/mol. The molecule has 0 radical (unpaired) electrons. The van der Waals surface area contributed by atoms with Crippen molar-refractivity contribution in [1.82, 2.24) is 4.98 Å². The number of aromatic nitrogens is 1. The lowest BCUT2D eigenvalue weighted by atomic mass is 10.2. The molecule has 0 aliphatic carbocycles. The van der Waals surface area contributed by atoms with Gasteiger partial charge in [-0.15, -0.1) is 11.3 Å². The van der Waals surface area contributed by atoms with E-state index >= 15 is 0 Å². The summed E-state index contributed by atoms with van der Waals surface area (Å²) in [5.41, 5.74) is 0.808. The van der Waals surface area contributed by atoms with E-state index in [0.29, 0.717) is 0 Å². The molecule has 0 fully saturated rings. The minimum atomic E-state index is 0.251. The highest BCUT2D eigenvalue weighted by Gasteiger charge is 1.98. The molecule has 14 heavy (non-hydrogen) atoms. The SMILES string of the molecule is O/C(=C\c1nccs1)c1ccccc1. The largest absolute Gasteiger partial charge is 0.507 e. The zero-order chi connectivity index (χ0) is 9.80. The van der Waals surface area contributed by atoms with Gasteiger partial charge in [0.25, 0.3) is 0 Å². The molecule has 1 aromatic heterocycles. The monoisotopic (exact) mass is 203 g/mol. The Morgan fingerprint density at radius 3 is 2.71 bits per heavy atom. The van der Waals surface area contributed by atoms with Gasteiger partial charge in [-0.3, -0.25) is 0 Å². The van der Waals surface area contributed by atoms with Crippen molar-refractivity contribution >= 4 is 23.2 Å². The molecule has 0 aliphatic heterocycles. The first-order chi connectivity index (χ1) is 6.86. The first-order valence-electron chi connectivity index (χ1n) is 4.22. The molecular weight excluding hydrogens is 194 g/mol. The second kappa shape index (κ2) is 4.07. The molecule has 0 saturated heterocycles. The predicted molar refractivity (Wildman–Crippen MR) is 59.1 cm³/mol. The van der Waals surface area contributed by atoms with Crippen LogP contribution in [-0.2, 0) is 0 Å². The lowest BCUT2D eigenvalue weighted by molar-refractivity contribution is 0.515. The summed E-state index contributed by atoms with van der Waals surface area (Å²) in [6.45, 7) is 0. The van der Waals surface area contributed by atoms with E-state index in [1.54, 1.807) is 12.3 Å². The van der Waals surface area contributed by atoms with Crippen LogP contribution < -0.4 is 0 Å². The fourth-order valence-corrected chi connectivity index (χ4v) is 1.68. The highest BCUT2D eigenvalue weighted by atomic mass is 32.1. The van der Waals surface area contributed by atoms with E-state index in [-0.39, 0.29) is 5.76 Å². The highest BCUT2D eigenvalue weighted by Crippen LogP contribution is 2.16. The van der Waals surface area contributed by atoms with Gasteiger partial charge in [0, 0.05) is 23.2 Å². The number of thiazole rings is 1. The van der Waals surface area contributed by atoms with Crippen molar-refractivity contribution in [3.63, 3.8) is 0 Å². The van der Waals surface area contributed by atoms with Crippen LogP contribution in [-0.4, -0.2) is 10.1 Å². The van der Waals surface area contributed by atoms with E-state index in [1.807, 2.05) is 35.7 Å². The van der Waals surface area contributed by atoms with Crippen molar-refractivity contribution in [3.05, 3.63) is 52.5 Å². The average Bonchev–Trinajstić information content (AvgIpc) is 2.72. The Morgan fingerprint density at radius 1 is 1.29 bits per heavy atom. The zero-order valence-electron chi connectivity index (χ0n) is 7.42. The van der Waals surface area contributed by atoms with Gasteiger partial charge in [0.1, 0.15) is 10.8 Å². The Balaban J connectivity index is 2.29. The van der Waals surface area contributed by atoms with Gasteiger partial charge in [-0.05, 0) is 0 Å². The number of aliphatic hydroxyl groups excluding tert-OH is 1. The van der Waals surface area contributed by atoms with Gasteiger partial charge in [0.05, 0.1) is 0 Å². The van der Waals surface area contributed by atoms with Crippen LogP contribution in [0, 0.1) is 0 Å². The number of hydrogen-bond acceptors (Lipinski definition) is 3. The first-order valence-corrected chi connectivity index (χ1v) is 5.10. The fraction of sp³-hybridized carbons (Fsp3) is 0. The molecule has 0 bridgehead atoms. The van der Waals surface area contributed by atoms with E-state index in [4.69, 9.17) is 0 Å². The molecule has 2 nitrogen and oxygen atoms in total.